The summed E-state index contributed by atoms with van der Waals surface area (Å²) in [6.07, 6.45) is 0.936. The number of carbonyl (C=O) groups excluding carboxylic acids is 1. The lowest BCUT2D eigenvalue weighted by molar-refractivity contribution is -0.121. The van der Waals surface area contributed by atoms with Gasteiger partial charge in [-0.2, -0.15) is 0 Å². The molecule has 0 bridgehead atoms. The van der Waals surface area contributed by atoms with Gasteiger partial charge in [-0.25, -0.2) is 5.84 Å². The molecule has 1 rings (SSSR count). The molecule has 1 aromatic rings. The van der Waals surface area contributed by atoms with E-state index in [1.807, 2.05) is 38.1 Å². The van der Waals surface area contributed by atoms with Crippen LogP contribution in [0.25, 0.3) is 0 Å². The third-order valence-electron chi connectivity index (χ3n) is 2.41. The number of rotatable bonds is 7. The van der Waals surface area contributed by atoms with E-state index in [2.05, 4.69) is 5.43 Å². The van der Waals surface area contributed by atoms with Crippen molar-refractivity contribution < 1.29 is 14.3 Å². The van der Waals surface area contributed by atoms with Crippen LogP contribution < -0.4 is 20.7 Å². The molecule has 0 saturated carbocycles. The van der Waals surface area contributed by atoms with Crippen molar-refractivity contribution in [3.8, 4) is 11.5 Å². The van der Waals surface area contributed by atoms with Crippen molar-refractivity contribution in [3.63, 3.8) is 0 Å². The molecule has 0 aliphatic rings. The molecule has 5 heteroatoms. The van der Waals surface area contributed by atoms with E-state index in [4.69, 9.17) is 15.3 Å². The van der Waals surface area contributed by atoms with E-state index >= 15 is 0 Å². The molecule has 3 N–H and O–H groups in total. The normalized spacial score (nSPS) is 11.7. The van der Waals surface area contributed by atoms with Gasteiger partial charge < -0.3 is 9.47 Å². The first-order valence-corrected chi connectivity index (χ1v) is 6.04. The molecule has 5 nitrogen and oxygen atoms in total. The van der Waals surface area contributed by atoms with Crippen molar-refractivity contribution >= 4 is 5.91 Å². The number of nitrogens with two attached hydrogens (primary N) is 1. The predicted molar refractivity (Wildman–Crippen MR) is 69.3 cm³/mol. The molecule has 1 unspecified atom stereocenters. The van der Waals surface area contributed by atoms with Gasteiger partial charge in [0.25, 0.3) is 0 Å². The summed E-state index contributed by atoms with van der Waals surface area (Å²) in [6, 6.07) is 7.42. The molecule has 0 fully saturated rings. The van der Waals surface area contributed by atoms with Crippen LogP contribution in [0.3, 0.4) is 0 Å². The number of ether oxygens (including phenoxy) is 2. The fourth-order valence-corrected chi connectivity index (χ4v) is 1.48. The summed E-state index contributed by atoms with van der Waals surface area (Å²) in [5.41, 5.74) is 2.09. The van der Waals surface area contributed by atoms with Crippen molar-refractivity contribution in [2.75, 3.05) is 6.61 Å². The van der Waals surface area contributed by atoms with Gasteiger partial charge in [0.15, 0.2) is 0 Å². The van der Waals surface area contributed by atoms with Crippen molar-refractivity contribution in [1.82, 2.24) is 5.43 Å². The third-order valence-corrected chi connectivity index (χ3v) is 2.41. The van der Waals surface area contributed by atoms with E-state index in [0.29, 0.717) is 19.4 Å². The number of hydrogen-bond donors (Lipinski definition) is 2. The second-order valence-electron chi connectivity index (χ2n) is 3.94. The molecule has 18 heavy (non-hydrogen) atoms. The minimum Gasteiger partial charge on any atom is -0.494 e. The minimum atomic E-state index is -0.183. The van der Waals surface area contributed by atoms with Crippen LogP contribution in [0.15, 0.2) is 24.3 Å². The predicted octanol–water partition coefficient (Wildman–Crippen LogP) is 1.62. The van der Waals surface area contributed by atoms with Gasteiger partial charge in [-0.15, -0.1) is 0 Å². The molecule has 0 spiro atoms. The van der Waals surface area contributed by atoms with Crippen LogP contribution >= 0.6 is 0 Å². The largest absolute Gasteiger partial charge is 0.494 e. The standard InChI is InChI=1S/C13H20N2O3/c1-3-17-11-5-7-12(8-6-11)18-10(2)4-9-13(16)15-14/h5-8,10H,3-4,9,14H2,1-2H3,(H,15,16). The Labute approximate surface area is 107 Å². The van der Waals surface area contributed by atoms with E-state index in [1.54, 1.807) is 0 Å². The molecule has 0 aliphatic carbocycles. The SMILES string of the molecule is CCOc1ccc(OC(C)CCC(=O)NN)cc1. The van der Waals surface area contributed by atoms with E-state index in [-0.39, 0.29) is 12.0 Å². The lowest BCUT2D eigenvalue weighted by Gasteiger charge is -2.14. The summed E-state index contributed by atoms with van der Waals surface area (Å²) in [5, 5.41) is 0. The molecule has 0 aromatic heterocycles. The van der Waals surface area contributed by atoms with Crippen molar-refractivity contribution in [2.24, 2.45) is 5.84 Å². The van der Waals surface area contributed by atoms with Crippen LogP contribution in [0.1, 0.15) is 26.7 Å². The third kappa shape index (κ3) is 5.05. The summed E-state index contributed by atoms with van der Waals surface area (Å²) in [7, 11) is 0. The average Bonchev–Trinajstić information content (AvgIpc) is 2.38. The average molecular weight is 252 g/mol. The van der Waals surface area contributed by atoms with Gasteiger partial charge in [-0.05, 0) is 44.5 Å². The quantitative estimate of drug-likeness (QED) is 0.439. The fourth-order valence-electron chi connectivity index (χ4n) is 1.48. The van der Waals surface area contributed by atoms with Crippen LogP contribution in [0.2, 0.25) is 0 Å². The number of nitrogens with one attached hydrogen (secondary N) is 1. The monoisotopic (exact) mass is 252 g/mol. The van der Waals surface area contributed by atoms with Crippen LogP contribution in [-0.2, 0) is 4.79 Å². The first-order chi connectivity index (χ1) is 8.65. The smallest absolute Gasteiger partial charge is 0.234 e. The highest BCUT2D eigenvalue weighted by Crippen LogP contribution is 2.19. The number of amides is 1. The van der Waals surface area contributed by atoms with E-state index in [0.717, 1.165) is 11.5 Å². The zero-order chi connectivity index (χ0) is 13.4. The Morgan fingerprint density at radius 1 is 1.33 bits per heavy atom. The molecule has 1 amide bonds. The van der Waals surface area contributed by atoms with Gasteiger partial charge in [-0.1, -0.05) is 0 Å². The zero-order valence-electron chi connectivity index (χ0n) is 10.8. The summed E-state index contributed by atoms with van der Waals surface area (Å²) in [6.45, 7) is 4.50. The molecule has 0 aliphatic heterocycles. The molecular formula is C13H20N2O3. The molecule has 0 saturated heterocycles. The fraction of sp³-hybridized carbons (Fsp3) is 0.462. The highest BCUT2D eigenvalue weighted by atomic mass is 16.5. The van der Waals surface area contributed by atoms with Crippen molar-refractivity contribution in [3.05, 3.63) is 24.3 Å². The summed E-state index contributed by atoms with van der Waals surface area (Å²) < 4.78 is 11.0. The maximum atomic E-state index is 11.0. The maximum Gasteiger partial charge on any atom is 0.234 e. The molecule has 100 valence electrons. The topological polar surface area (TPSA) is 73.6 Å². The molecule has 1 atom stereocenters. The Morgan fingerprint density at radius 2 is 1.94 bits per heavy atom. The van der Waals surface area contributed by atoms with Crippen LogP contribution in [0.5, 0.6) is 11.5 Å². The highest BCUT2D eigenvalue weighted by molar-refractivity contribution is 5.75. The van der Waals surface area contributed by atoms with E-state index in [9.17, 15) is 4.79 Å². The second kappa shape index (κ2) is 7.55. The summed E-state index contributed by atoms with van der Waals surface area (Å²) in [5.74, 6) is 6.40. The number of benzene rings is 1. The Bertz CT molecular complexity index is 365. The van der Waals surface area contributed by atoms with Gasteiger partial charge >= 0.3 is 0 Å². The van der Waals surface area contributed by atoms with Gasteiger partial charge in [-0.3, -0.25) is 10.2 Å². The maximum absolute atomic E-state index is 11.0. The number of hydrazine groups is 1. The Balaban J connectivity index is 2.39. The zero-order valence-corrected chi connectivity index (χ0v) is 10.8. The highest BCUT2D eigenvalue weighted by Gasteiger charge is 2.07. The first kappa shape index (κ1) is 14.3. The number of carbonyl (C=O) groups is 1. The molecular weight excluding hydrogens is 232 g/mol. The van der Waals surface area contributed by atoms with Gasteiger partial charge in [0.1, 0.15) is 11.5 Å². The lowest BCUT2D eigenvalue weighted by atomic mass is 10.2. The molecule has 1 aromatic carbocycles. The Morgan fingerprint density at radius 3 is 2.50 bits per heavy atom. The summed E-state index contributed by atoms with van der Waals surface area (Å²) in [4.78, 5) is 11.0. The minimum absolute atomic E-state index is 0.0414. The molecule has 0 heterocycles. The van der Waals surface area contributed by atoms with Crippen LogP contribution in [0, 0.1) is 0 Å². The Kier molecular flexibility index (Phi) is 6.00. The molecule has 0 radical (unpaired) electrons. The van der Waals surface area contributed by atoms with Gasteiger partial charge in [0.2, 0.25) is 5.91 Å². The van der Waals surface area contributed by atoms with E-state index < -0.39 is 0 Å². The van der Waals surface area contributed by atoms with Crippen molar-refractivity contribution in [2.45, 2.75) is 32.8 Å². The Hall–Kier alpha value is -1.75. The van der Waals surface area contributed by atoms with Crippen molar-refractivity contribution in [1.29, 1.82) is 0 Å². The lowest BCUT2D eigenvalue weighted by Crippen LogP contribution is -2.30. The summed E-state index contributed by atoms with van der Waals surface area (Å²) >= 11 is 0. The first-order valence-electron chi connectivity index (χ1n) is 6.04. The van der Waals surface area contributed by atoms with Crippen LogP contribution in [-0.4, -0.2) is 18.6 Å². The second-order valence-corrected chi connectivity index (χ2v) is 3.94. The number of hydrogen-bond acceptors (Lipinski definition) is 4. The van der Waals surface area contributed by atoms with Crippen LogP contribution in [0.4, 0.5) is 0 Å². The van der Waals surface area contributed by atoms with Gasteiger partial charge in [0, 0.05) is 6.42 Å². The van der Waals surface area contributed by atoms with E-state index in [1.165, 1.54) is 0 Å². The van der Waals surface area contributed by atoms with Gasteiger partial charge in [0.05, 0.1) is 12.7 Å².